The number of carbonyl (C=O) groups is 2. The Morgan fingerprint density at radius 2 is 2.04 bits per heavy atom. The van der Waals surface area contributed by atoms with Crippen LogP contribution in [0.5, 0.6) is 11.5 Å². The second-order valence-corrected chi connectivity index (χ2v) is 5.66. The quantitative estimate of drug-likeness (QED) is 0.787. The third-order valence-electron chi connectivity index (χ3n) is 3.65. The highest BCUT2D eigenvalue weighted by molar-refractivity contribution is 6.10. The minimum atomic E-state index is -0.719. The van der Waals surface area contributed by atoms with E-state index >= 15 is 0 Å². The SMILES string of the molecule is CC(C)c1[nH]nc(C(N)=O)c1NC(=O)c1cccc2c1OCCO2. The van der Waals surface area contributed by atoms with Gasteiger partial charge in [0, 0.05) is 0 Å². The Morgan fingerprint density at radius 3 is 2.75 bits per heavy atom. The van der Waals surface area contributed by atoms with Crippen LogP contribution in [-0.4, -0.2) is 35.2 Å². The number of rotatable bonds is 4. The van der Waals surface area contributed by atoms with Crippen LogP contribution in [0.1, 0.15) is 46.3 Å². The number of para-hydroxylation sites is 1. The van der Waals surface area contributed by atoms with E-state index in [0.717, 1.165) is 0 Å². The fourth-order valence-electron chi connectivity index (χ4n) is 2.51. The van der Waals surface area contributed by atoms with Crippen LogP contribution in [0.4, 0.5) is 5.69 Å². The Labute approximate surface area is 138 Å². The van der Waals surface area contributed by atoms with Crippen LogP contribution in [0.15, 0.2) is 18.2 Å². The first kappa shape index (κ1) is 15.9. The van der Waals surface area contributed by atoms with Gasteiger partial charge in [-0.05, 0) is 18.1 Å². The number of carbonyl (C=O) groups excluding carboxylic acids is 2. The van der Waals surface area contributed by atoms with E-state index in [1.807, 2.05) is 13.8 Å². The molecule has 0 aliphatic carbocycles. The molecule has 24 heavy (non-hydrogen) atoms. The maximum Gasteiger partial charge on any atom is 0.271 e. The van der Waals surface area contributed by atoms with Gasteiger partial charge in [-0.2, -0.15) is 5.10 Å². The molecule has 8 nitrogen and oxygen atoms in total. The van der Waals surface area contributed by atoms with E-state index in [9.17, 15) is 9.59 Å². The first-order valence-electron chi connectivity index (χ1n) is 7.57. The third-order valence-corrected chi connectivity index (χ3v) is 3.65. The fraction of sp³-hybridized carbons (Fsp3) is 0.312. The summed E-state index contributed by atoms with van der Waals surface area (Å²) in [7, 11) is 0. The largest absolute Gasteiger partial charge is 0.486 e. The topological polar surface area (TPSA) is 119 Å². The number of hydrogen-bond acceptors (Lipinski definition) is 5. The molecule has 0 saturated heterocycles. The van der Waals surface area contributed by atoms with Gasteiger partial charge in [0.15, 0.2) is 17.2 Å². The average molecular weight is 330 g/mol. The number of nitrogens with one attached hydrogen (secondary N) is 2. The lowest BCUT2D eigenvalue weighted by Gasteiger charge is -2.20. The first-order valence-corrected chi connectivity index (χ1v) is 7.57. The Kier molecular flexibility index (Phi) is 4.11. The lowest BCUT2D eigenvalue weighted by molar-refractivity contribution is 0.0996. The zero-order valence-electron chi connectivity index (χ0n) is 13.4. The molecule has 0 unspecified atom stereocenters. The van der Waals surface area contributed by atoms with Gasteiger partial charge in [-0.1, -0.05) is 19.9 Å². The van der Waals surface area contributed by atoms with Crippen molar-refractivity contribution in [3.8, 4) is 11.5 Å². The van der Waals surface area contributed by atoms with Gasteiger partial charge < -0.3 is 20.5 Å². The molecule has 8 heteroatoms. The van der Waals surface area contributed by atoms with Crippen LogP contribution in [0.2, 0.25) is 0 Å². The zero-order valence-corrected chi connectivity index (χ0v) is 13.4. The molecule has 0 atom stereocenters. The normalized spacial score (nSPS) is 13.0. The number of primary amides is 1. The maximum absolute atomic E-state index is 12.7. The summed E-state index contributed by atoms with van der Waals surface area (Å²) in [6, 6.07) is 5.07. The number of fused-ring (bicyclic) bond motifs is 1. The molecule has 1 aliphatic rings. The van der Waals surface area contributed by atoms with Gasteiger partial charge in [0.05, 0.1) is 16.9 Å². The predicted octanol–water partition coefficient (Wildman–Crippen LogP) is 1.66. The van der Waals surface area contributed by atoms with Gasteiger partial charge in [-0.25, -0.2) is 0 Å². The monoisotopic (exact) mass is 330 g/mol. The second kappa shape index (κ2) is 6.23. The summed E-state index contributed by atoms with van der Waals surface area (Å²) in [5.74, 6) is -0.229. The third kappa shape index (κ3) is 2.78. The highest BCUT2D eigenvalue weighted by Crippen LogP contribution is 2.34. The minimum Gasteiger partial charge on any atom is -0.486 e. The van der Waals surface area contributed by atoms with E-state index in [-0.39, 0.29) is 17.3 Å². The average Bonchev–Trinajstić information content (AvgIpc) is 2.98. The number of benzene rings is 1. The summed E-state index contributed by atoms with van der Waals surface area (Å²) in [4.78, 5) is 24.2. The van der Waals surface area contributed by atoms with E-state index in [1.54, 1.807) is 18.2 Å². The molecule has 0 spiro atoms. The summed E-state index contributed by atoms with van der Waals surface area (Å²) >= 11 is 0. The van der Waals surface area contributed by atoms with Crippen molar-refractivity contribution >= 4 is 17.5 Å². The van der Waals surface area contributed by atoms with Gasteiger partial charge in [-0.3, -0.25) is 14.7 Å². The van der Waals surface area contributed by atoms with Crippen molar-refractivity contribution in [2.45, 2.75) is 19.8 Å². The Morgan fingerprint density at radius 1 is 1.29 bits per heavy atom. The van der Waals surface area contributed by atoms with E-state index in [1.165, 1.54) is 0 Å². The van der Waals surface area contributed by atoms with E-state index in [2.05, 4.69) is 15.5 Å². The molecule has 2 amide bonds. The van der Waals surface area contributed by atoms with Crippen LogP contribution in [0.25, 0.3) is 0 Å². The van der Waals surface area contributed by atoms with Crippen LogP contribution in [-0.2, 0) is 0 Å². The fourth-order valence-corrected chi connectivity index (χ4v) is 2.51. The van der Waals surface area contributed by atoms with Crippen molar-refractivity contribution in [1.29, 1.82) is 0 Å². The Hall–Kier alpha value is -3.03. The molecule has 0 bridgehead atoms. The van der Waals surface area contributed by atoms with Crippen LogP contribution in [0, 0.1) is 0 Å². The van der Waals surface area contributed by atoms with Crippen molar-refractivity contribution in [2.75, 3.05) is 18.5 Å². The van der Waals surface area contributed by atoms with Gasteiger partial charge in [0.1, 0.15) is 13.2 Å². The van der Waals surface area contributed by atoms with E-state index < -0.39 is 11.8 Å². The van der Waals surface area contributed by atoms with Crippen molar-refractivity contribution in [1.82, 2.24) is 10.2 Å². The lowest BCUT2D eigenvalue weighted by atomic mass is 10.1. The number of aromatic nitrogens is 2. The molecule has 0 fully saturated rings. The molecule has 0 saturated carbocycles. The number of anilines is 1. The molecular formula is C16H18N4O4. The molecule has 1 aromatic carbocycles. The summed E-state index contributed by atoms with van der Waals surface area (Å²) in [6.45, 7) is 4.63. The summed E-state index contributed by atoms with van der Waals surface area (Å²) in [5.41, 5.74) is 6.56. The maximum atomic E-state index is 12.7. The Balaban J connectivity index is 1.96. The van der Waals surface area contributed by atoms with Gasteiger partial charge in [0.25, 0.3) is 11.8 Å². The van der Waals surface area contributed by atoms with Crippen molar-refractivity contribution in [3.63, 3.8) is 0 Å². The number of nitrogens with two attached hydrogens (primary N) is 1. The minimum absolute atomic E-state index is 0.00554. The van der Waals surface area contributed by atoms with Crippen LogP contribution < -0.4 is 20.5 Å². The molecule has 1 aliphatic heterocycles. The van der Waals surface area contributed by atoms with Crippen LogP contribution >= 0.6 is 0 Å². The van der Waals surface area contributed by atoms with Crippen molar-refractivity contribution in [2.24, 2.45) is 5.73 Å². The highest BCUT2D eigenvalue weighted by atomic mass is 16.6. The standard InChI is InChI=1S/C16H18N4O4/c1-8(2)11-12(13(15(17)21)20-19-11)18-16(22)9-4-3-5-10-14(9)24-7-6-23-10/h3-5,8H,6-7H2,1-2H3,(H2,17,21)(H,18,22)(H,19,20). The number of nitrogens with zero attached hydrogens (tertiary/aromatic N) is 1. The molecular weight excluding hydrogens is 312 g/mol. The summed E-state index contributed by atoms with van der Waals surface area (Å²) in [5, 5.41) is 9.37. The van der Waals surface area contributed by atoms with Gasteiger partial charge in [-0.15, -0.1) is 0 Å². The van der Waals surface area contributed by atoms with E-state index in [0.29, 0.717) is 36.0 Å². The smallest absolute Gasteiger partial charge is 0.271 e. The summed E-state index contributed by atoms with van der Waals surface area (Å²) in [6.07, 6.45) is 0. The first-order chi connectivity index (χ1) is 11.5. The second-order valence-electron chi connectivity index (χ2n) is 5.66. The number of ether oxygens (including phenoxy) is 2. The number of aromatic amines is 1. The number of hydrogen-bond donors (Lipinski definition) is 3. The van der Waals surface area contributed by atoms with Gasteiger partial charge in [0.2, 0.25) is 0 Å². The van der Waals surface area contributed by atoms with Crippen molar-refractivity contribution < 1.29 is 19.1 Å². The highest BCUT2D eigenvalue weighted by Gasteiger charge is 2.25. The number of H-pyrrole nitrogens is 1. The molecule has 2 aromatic rings. The van der Waals surface area contributed by atoms with Crippen LogP contribution in [0.3, 0.4) is 0 Å². The number of amides is 2. The molecule has 2 heterocycles. The lowest BCUT2D eigenvalue weighted by Crippen LogP contribution is -2.22. The molecule has 1 aromatic heterocycles. The predicted molar refractivity (Wildman–Crippen MR) is 86.6 cm³/mol. The molecule has 3 rings (SSSR count). The zero-order chi connectivity index (χ0) is 17.3. The van der Waals surface area contributed by atoms with E-state index in [4.69, 9.17) is 15.2 Å². The molecule has 126 valence electrons. The van der Waals surface area contributed by atoms with Gasteiger partial charge >= 0.3 is 0 Å². The molecule has 0 radical (unpaired) electrons. The molecule has 4 N–H and O–H groups in total. The Bertz CT molecular complexity index is 797. The van der Waals surface area contributed by atoms with Crippen molar-refractivity contribution in [3.05, 3.63) is 35.2 Å². The summed E-state index contributed by atoms with van der Waals surface area (Å²) < 4.78 is 11.0.